The van der Waals surface area contributed by atoms with Crippen LogP contribution in [-0.2, 0) is 11.3 Å². The zero-order valence-electron chi connectivity index (χ0n) is 18.6. The average molecular weight is 478 g/mol. The summed E-state index contributed by atoms with van der Waals surface area (Å²) in [5.74, 6) is 0.0343. The van der Waals surface area contributed by atoms with Crippen molar-refractivity contribution in [3.8, 4) is 5.75 Å². The van der Waals surface area contributed by atoms with Gasteiger partial charge in [-0.15, -0.1) is 0 Å². The maximum absolute atomic E-state index is 12.7. The highest BCUT2D eigenvalue weighted by Crippen LogP contribution is 2.40. The number of carboxylic acids is 1. The summed E-state index contributed by atoms with van der Waals surface area (Å²) in [5.41, 5.74) is -0.279. The van der Waals surface area contributed by atoms with E-state index in [0.29, 0.717) is 42.3 Å². The molecule has 2 unspecified atom stereocenters. The number of nitrogens with zero attached hydrogens (tertiary/aromatic N) is 3. The number of fused-ring (bicyclic) bond motifs is 1. The number of carboxylic acid groups (broad SMARTS) is 1. The van der Waals surface area contributed by atoms with Gasteiger partial charge in [0.2, 0.25) is 0 Å². The number of carbonyl (C=O) groups excluding carboxylic acids is 1. The second kappa shape index (κ2) is 9.32. The van der Waals surface area contributed by atoms with E-state index in [4.69, 9.17) is 26.2 Å². The molecule has 2 fully saturated rings. The van der Waals surface area contributed by atoms with Gasteiger partial charge < -0.3 is 24.6 Å². The van der Waals surface area contributed by atoms with Crippen LogP contribution in [0.2, 0.25) is 5.02 Å². The largest absolute Gasteiger partial charge is 0.489 e. The fourth-order valence-electron chi connectivity index (χ4n) is 4.47. The molecule has 2 aromatic rings. The fourth-order valence-corrected chi connectivity index (χ4v) is 4.70. The normalized spacial score (nSPS) is 22.4. The van der Waals surface area contributed by atoms with Crippen LogP contribution in [0.15, 0.2) is 30.5 Å². The van der Waals surface area contributed by atoms with Crippen LogP contribution in [0.5, 0.6) is 5.75 Å². The van der Waals surface area contributed by atoms with E-state index >= 15 is 0 Å². The van der Waals surface area contributed by atoms with Gasteiger partial charge in [-0.05, 0) is 50.7 Å². The SMILES string of the molecule is CC(C)(O)COc1cccc(COC2CC3CN(C(=O)n4ccc(C(=O)O)n4)CC3C2)c1Cl. The quantitative estimate of drug-likeness (QED) is 0.628. The summed E-state index contributed by atoms with van der Waals surface area (Å²) in [7, 11) is 0. The Morgan fingerprint density at radius 1 is 1.21 bits per heavy atom. The molecule has 1 aliphatic carbocycles. The Balaban J connectivity index is 1.28. The number of aliphatic hydroxyl groups is 1. The molecule has 9 nitrogen and oxygen atoms in total. The molecule has 0 bridgehead atoms. The molecule has 1 aromatic heterocycles. The number of aromatic nitrogens is 2. The van der Waals surface area contributed by atoms with E-state index < -0.39 is 11.6 Å². The second-order valence-corrected chi connectivity index (χ2v) is 9.77. The van der Waals surface area contributed by atoms with Crippen LogP contribution < -0.4 is 4.74 Å². The molecule has 1 saturated heterocycles. The smallest absolute Gasteiger partial charge is 0.356 e. The van der Waals surface area contributed by atoms with E-state index in [-0.39, 0.29) is 24.4 Å². The highest BCUT2D eigenvalue weighted by Gasteiger charge is 2.43. The van der Waals surface area contributed by atoms with Crippen LogP contribution in [0.3, 0.4) is 0 Å². The number of aromatic carboxylic acids is 1. The summed E-state index contributed by atoms with van der Waals surface area (Å²) in [6, 6.07) is 6.52. The number of amides is 1. The monoisotopic (exact) mass is 477 g/mol. The van der Waals surface area contributed by atoms with Crippen molar-refractivity contribution in [2.24, 2.45) is 11.8 Å². The van der Waals surface area contributed by atoms with Gasteiger partial charge in [0.25, 0.3) is 0 Å². The number of ether oxygens (including phenoxy) is 2. The van der Waals surface area contributed by atoms with Crippen LogP contribution in [0.1, 0.15) is 42.7 Å². The van der Waals surface area contributed by atoms with Crippen molar-refractivity contribution >= 4 is 23.6 Å². The molecule has 4 rings (SSSR count). The lowest BCUT2D eigenvalue weighted by Gasteiger charge is -2.20. The Labute approximate surface area is 196 Å². The van der Waals surface area contributed by atoms with Gasteiger partial charge in [0.05, 0.1) is 23.3 Å². The zero-order chi connectivity index (χ0) is 23.8. The standard InChI is InChI=1S/C23H28ClN3O6/c1-23(2,31)13-33-19-5-3-4-14(20(19)24)12-32-17-8-15-10-26(11-16(15)9-17)22(30)27-7-6-18(25-27)21(28)29/h3-7,15-17,31H,8-13H2,1-2H3,(H,28,29). The molecule has 2 heterocycles. The van der Waals surface area contributed by atoms with Gasteiger partial charge in [0, 0.05) is 24.8 Å². The van der Waals surface area contributed by atoms with Crippen LogP contribution >= 0.6 is 11.6 Å². The number of halogens is 1. The topological polar surface area (TPSA) is 114 Å². The van der Waals surface area contributed by atoms with Crippen molar-refractivity contribution in [3.05, 3.63) is 46.7 Å². The summed E-state index contributed by atoms with van der Waals surface area (Å²) in [6.07, 6.45) is 3.16. The minimum Gasteiger partial charge on any atom is -0.489 e. The van der Waals surface area contributed by atoms with Crippen LogP contribution in [0.25, 0.3) is 0 Å². The minimum absolute atomic E-state index is 0.0811. The minimum atomic E-state index is -1.16. The Morgan fingerprint density at radius 2 is 1.91 bits per heavy atom. The van der Waals surface area contributed by atoms with Crippen molar-refractivity contribution in [2.45, 2.75) is 45.0 Å². The van der Waals surface area contributed by atoms with Gasteiger partial charge >= 0.3 is 12.0 Å². The Hall–Kier alpha value is -2.62. The van der Waals surface area contributed by atoms with Gasteiger partial charge in [-0.25, -0.2) is 9.59 Å². The summed E-state index contributed by atoms with van der Waals surface area (Å²) >= 11 is 6.48. The van der Waals surface area contributed by atoms with E-state index in [9.17, 15) is 14.7 Å². The molecular weight excluding hydrogens is 450 g/mol. The van der Waals surface area contributed by atoms with Crippen LogP contribution in [0.4, 0.5) is 4.79 Å². The van der Waals surface area contributed by atoms with E-state index in [1.54, 1.807) is 24.8 Å². The lowest BCUT2D eigenvalue weighted by molar-refractivity contribution is 0.0279. The van der Waals surface area contributed by atoms with Crippen molar-refractivity contribution < 1.29 is 29.3 Å². The van der Waals surface area contributed by atoms with E-state index in [1.165, 1.54) is 12.3 Å². The summed E-state index contributed by atoms with van der Waals surface area (Å²) in [6.45, 7) is 5.04. The average Bonchev–Trinajstić information content (AvgIpc) is 3.46. The van der Waals surface area contributed by atoms with Crippen molar-refractivity contribution in [1.82, 2.24) is 14.7 Å². The number of rotatable bonds is 7. The second-order valence-electron chi connectivity index (χ2n) is 9.39. The summed E-state index contributed by atoms with van der Waals surface area (Å²) < 4.78 is 12.9. The Bertz CT molecular complexity index is 1020. The molecule has 1 aliphatic heterocycles. The number of likely N-dealkylation sites (tertiary alicyclic amines) is 1. The van der Waals surface area contributed by atoms with Crippen molar-refractivity contribution in [1.29, 1.82) is 0 Å². The molecule has 10 heteroatoms. The Kier molecular flexibility index (Phi) is 6.65. The predicted molar refractivity (Wildman–Crippen MR) is 120 cm³/mol. The van der Waals surface area contributed by atoms with E-state index in [1.807, 2.05) is 12.1 Å². The first-order valence-electron chi connectivity index (χ1n) is 10.9. The van der Waals surface area contributed by atoms with E-state index in [0.717, 1.165) is 23.1 Å². The molecule has 1 aromatic carbocycles. The summed E-state index contributed by atoms with van der Waals surface area (Å²) in [5, 5.41) is 23.2. The first-order valence-corrected chi connectivity index (χ1v) is 11.3. The fraction of sp³-hybridized carbons (Fsp3) is 0.522. The molecule has 33 heavy (non-hydrogen) atoms. The third-order valence-corrected chi connectivity index (χ3v) is 6.51. The molecule has 2 aliphatic rings. The zero-order valence-corrected chi connectivity index (χ0v) is 19.4. The lowest BCUT2D eigenvalue weighted by Crippen LogP contribution is -2.34. The molecule has 1 amide bonds. The number of hydrogen-bond acceptors (Lipinski definition) is 6. The maximum atomic E-state index is 12.7. The van der Waals surface area contributed by atoms with Gasteiger partial charge in [0.15, 0.2) is 5.69 Å². The predicted octanol–water partition coefficient (Wildman–Crippen LogP) is 3.28. The van der Waals surface area contributed by atoms with Crippen molar-refractivity contribution in [3.63, 3.8) is 0 Å². The van der Waals surface area contributed by atoms with Gasteiger partial charge in [-0.1, -0.05) is 23.7 Å². The molecule has 1 saturated carbocycles. The third-order valence-electron chi connectivity index (χ3n) is 6.08. The van der Waals surface area contributed by atoms with Crippen molar-refractivity contribution in [2.75, 3.05) is 19.7 Å². The summed E-state index contributed by atoms with van der Waals surface area (Å²) in [4.78, 5) is 25.4. The first-order chi connectivity index (χ1) is 15.6. The highest BCUT2D eigenvalue weighted by molar-refractivity contribution is 6.32. The highest BCUT2D eigenvalue weighted by atomic mass is 35.5. The van der Waals surface area contributed by atoms with E-state index in [2.05, 4.69) is 5.10 Å². The van der Waals surface area contributed by atoms with Gasteiger partial charge in [-0.3, -0.25) is 0 Å². The lowest BCUT2D eigenvalue weighted by atomic mass is 10.0. The first kappa shape index (κ1) is 23.5. The number of hydrogen-bond donors (Lipinski definition) is 2. The number of benzene rings is 1. The van der Waals surface area contributed by atoms with Gasteiger partial charge in [-0.2, -0.15) is 9.78 Å². The Morgan fingerprint density at radius 3 is 2.52 bits per heavy atom. The molecular formula is C23H28ClN3O6. The molecule has 178 valence electrons. The molecule has 0 radical (unpaired) electrons. The van der Waals surface area contributed by atoms with Gasteiger partial charge in [0.1, 0.15) is 12.4 Å². The van der Waals surface area contributed by atoms with Crippen LogP contribution in [-0.4, -0.2) is 68.3 Å². The molecule has 0 spiro atoms. The number of carbonyl (C=O) groups is 2. The third kappa shape index (κ3) is 5.48. The molecule has 2 N–H and O–H groups in total. The molecule has 2 atom stereocenters. The van der Waals surface area contributed by atoms with Crippen LogP contribution in [0, 0.1) is 11.8 Å². The maximum Gasteiger partial charge on any atom is 0.356 e.